The Hall–Kier alpha value is -2.08. The van der Waals surface area contributed by atoms with Crippen LogP contribution in [0.15, 0.2) is 47.6 Å². The molecule has 1 heterocycles. The zero-order valence-corrected chi connectivity index (χ0v) is 11.3. The summed E-state index contributed by atoms with van der Waals surface area (Å²) in [5, 5.41) is 9.48. The standard InChI is InChI=1S/C14H12FNO3S/c15-11-2-4-12(5-3-11)19-7-8-20-13-6-1-10(9-16-13)14(17)18/h1-6,9H,7-8H2,(H,17,18). The summed E-state index contributed by atoms with van der Waals surface area (Å²) in [5.41, 5.74) is 0.164. The summed E-state index contributed by atoms with van der Waals surface area (Å²) < 4.78 is 18.1. The zero-order valence-electron chi connectivity index (χ0n) is 10.5. The van der Waals surface area contributed by atoms with Gasteiger partial charge in [-0.15, -0.1) is 11.8 Å². The van der Waals surface area contributed by atoms with Gasteiger partial charge in [0.25, 0.3) is 0 Å². The number of hydrogen-bond acceptors (Lipinski definition) is 4. The molecule has 0 saturated carbocycles. The first kappa shape index (κ1) is 14.3. The topological polar surface area (TPSA) is 59.4 Å². The molecule has 1 aromatic carbocycles. The van der Waals surface area contributed by atoms with E-state index in [1.807, 2.05) is 0 Å². The van der Waals surface area contributed by atoms with Crippen molar-refractivity contribution in [1.82, 2.24) is 4.98 Å². The van der Waals surface area contributed by atoms with E-state index in [0.717, 1.165) is 5.03 Å². The molecule has 0 radical (unpaired) electrons. The van der Waals surface area contributed by atoms with Gasteiger partial charge in [-0.1, -0.05) is 0 Å². The molecule has 6 heteroatoms. The molecule has 0 atom stereocenters. The minimum Gasteiger partial charge on any atom is -0.493 e. The lowest BCUT2D eigenvalue weighted by Gasteiger charge is -2.05. The SMILES string of the molecule is O=C(O)c1ccc(SCCOc2ccc(F)cc2)nc1. The van der Waals surface area contributed by atoms with Crippen LogP contribution in [0, 0.1) is 5.82 Å². The molecule has 0 unspecified atom stereocenters. The summed E-state index contributed by atoms with van der Waals surface area (Å²) in [4.78, 5) is 14.7. The van der Waals surface area contributed by atoms with Crippen molar-refractivity contribution in [3.63, 3.8) is 0 Å². The second-order valence-electron chi connectivity index (χ2n) is 3.84. The highest BCUT2D eigenvalue weighted by Gasteiger charge is 2.03. The number of benzene rings is 1. The normalized spacial score (nSPS) is 10.2. The second-order valence-corrected chi connectivity index (χ2v) is 4.96. The fraction of sp³-hybridized carbons (Fsp3) is 0.143. The number of nitrogens with zero attached hydrogens (tertiary/aromatic N) is 1. The van der Waals surface area contributed by atoms with Gasteiger partial charge in [0.1, 0.15) is 11.6 Å². The monoisotopic (exact) mass is 293 g/mol. The smallest absolute Gasteiger partial charge is 0.337 e. The molecule has 0 saturated heterocycles. The van der Waals surface area contributed by atoms with Gasteiger partial charge in [0, 0.05) is 11.9 Å². The Morgan fingerprint density at radius 2 is 2.00 bits per heavy atom. The Balaban J connectivity index is 1.75. The first-order valence-corrected chi connectivity index (χ1v) is 6.84. The van der Waals surface area contributed by atoms with Crippen LogP contribution in [0.3, 0.4) is 0 Å². The number of pyridine rings is 1. The first-order valence-electron chi connectivity index (χ1n) is 5.85. The molecule has 1 aromatic heterocycles. The molecular formula is C14H12FNO3S. The van der Waals surface area contributed by atoms with Crippen molar-refractivity contribution in [2.24, 2.45) is 0 Å². The van der Waals surface area contributed by atoms with E-state index in [4.69, 9.17) is 9.84 Å². The molecule has 2 rings (SSSR count). The quantitative estimate of drug-likeness (QED) is 0.655. The number of carboxylic acid groups (broad SMARTS) is 1. The summed E-state index contributed by atoms with van der Waals surface area (Å²) in [6.07, 6.45) is 1.32. The molecule has 0 aliphatic heterocycles. The van der Waals surface area contributed by atoms with Gasteiger partial charge < -0.3 is 9.84 Å². The maximum absolute atomic E-state index is 12.7. The number of hydrogen-bond donors (Lipinski definition) is 1. The van der Waals surface area contributed by atoms with Gasteiger partial charge in [-0.3, -0.25) is 0 Å². The summed E-state index contributed by atoms with van der Waals surface area (Å²) in [5.74, 6) is -0.0131. The molecule has 2 aromatic rings. The van der Waals surface area contributed by atoms with Crippen molar-refractivity contribution in [1.29, 1.82) is 0 Å². The predicted molar refractivity (Wildman–Crippen MR) is 73.8 cm³/mol. The minimum atomic E-state index is -0.992. The summed E-state index contributed by atoms with van der Waals surface area (Å²) >= 11 is 1.46. The van der Waals surface area contributed by atoms with Crippen molar-refractivity contribution in [3.05, 3.63) is 54.0 Å². The minimum absolute atomic E-state index is 0.164. The average Bonchev–Trinajstić information content (AvgIpc) is 2.46. The van der Waals surface area contributed by atoms with E-state index >= 15 is 0 Å². The first-order chi connectivity index (χ1) is 9.65. The van der Waals surface area contributed by atoms with Gasteiger partial charge in [-0.25, -0.2) is 14.2 Å². The van der Waals surface area contributed by atoms with Crippen LogP contribution in [-0.2, 0) is 0 Å². The molecule has 1 N–H and O–H groups in total. The molecule has 0 aliphatic carbocycles. The van der Waals surface area contributed by atoms with Crippen molar-refractivity contribution in [2.45, 2.75) is 5.03 Å². The Kier molecular flexibility index (Phi) is 4.95. The van der Waals surface area contributed by atoms with Crippen LogP contribution in [0.1, 0.15) is 10.4 Å². The van der Waals surface area contributed by atoms with E-state index in [0.29, 0.717) is 18.1 Å². The van der Waals surface area contributed by atoms with Gasteiger partial charge >= 0.3 is 5.97 Å². The van der Waals surface area contributed by atoms with Gasteiger partial charge in [-0.05, 0) is 36.4 Å². The third-order valence-corrected chi connectivity index (χ3v) is 3.31. The molecule has 0 fully saturated rings. The molecule has 0 amide bonds. The molecule has 20 heavy (non-hydrogen) atoms. The van der Waals surface area contributed by atoms with Crippen LogP contribution in [0.25, 0.3) is 0 Å². The van der Waals surface area contributed by atoms with Crippen LogP contribution in [-0.4, -0.2) is 28.4 Å². The average molecular weight is 293 g/mol. The molecule has 4 nitrogen and oxygen atoms in total. The van der Waals surface area contributed by atoms with Gasteiger partial charge in [0.15, 0.2) is 0 Å². The number of thioether (sulfide) groups is 1. The second kappa shape index (κ2) is 6.91. The fourth-order valence-electron chi connectivity index (χ4n) is 1.43. The van der Waals surface area contributed by atoms with E-state index in [1.165, 1.54) is 36.2 Å². The summed E-state index contributed by atoms with van der Waals surface area (Å²) in [6.45, 7) is 0.457. The molecule has 104 valence electrons. The van der Waals surface area contributed by atoms with Crippen LogP contribution >= 0.6 is 11.8 Å². The summed E-state index contributed by atoms with van der Waals surface area (Å²) in [7, 11) is 0. The van der Waals surface area contributed by atoms with E-state index in [9.17, 15) is 9.18 Å². The molecular weight excluding hydrogens is 281 g/mol. The zero-order chi connectivity index (χ0) is 14.4. The van der Waals surface area contributed by atoms with Crippen LogP contribution in [0.5, 0.6) is 5.75 Å². The van der Waals surface area contributed by atoms with Crippen molar-refractivity contribution in [3.8, 4) is 5.75 Å². The Morgan fingerprint density at radius 1 is 1.25 bits per heavy atom. The lowest BCUT2D eigenvalue weighted by molar-refractivity contribution is 0.0696. The number of ether oxygens (including phenoxy) is 1. The number of halogens is 1. The molecule has 0 bridgehead atoms. The van der Waals surface area contributed by atoms with Crippen molar-refractivity contribution in [2.75, 3.05) is 12.4 Å². The number of aromatic carboxylic acids is 1. The molecule has 0 spiro atoms. The maximum atomic E-state index is 12.7. The number of carboxylic acids is 1. The van der Waals surface area contributed by atoms with Gasteiger partial charge in [0.2, 0.25) is 0 Å². The lowest BCUT2D eigenvalue weighted by atomic mass is 10.3. The lowest BCUT2D eigenvalue weighted by Crippen LogP contribution is -2.01. The Morgan fingerprint density at radius 3 is 2.60 bits per heavy atom. The highest BCUT2D eigenvalue weighted by atomic mass is 32.2. The molecule has 0 aliphatic rings. The number of rotatable bonds is 6. The van der Waals surface area contributed by atoms with Gasteiger partial charge in [0.05, 0.1) is 17.2 Å². The maximum Gasteiger partial charge on any atom is 0.337 e. The van der Waals surface area contributed by atoms with Gasteiger partial charge in [-0.2, -0.15) is 0 Å². The predicted octanol–water partition coefficient (Wildman–Crippen LogP) is 3.09. The highest BCUT2D eigenvalue weighted by molar-refractivity contribution is 7.99. The third kappa shape index (κ3) is 4.24. The third-order valence-electron chi connectivity index (χ3n) is 2.40. The van der Waals surface area contributed by atoms with Crippen LogP contribution in [0.4, 0.5) is 4.39 Å². The van der Waals surface area contributed by atoms with Crippen LogP contribution < -0.4 is 4.74 Å². The van der Waals surface area contributed by atoms with Crippen molar-refractivity contribution < 1.29 is 19.0 Å². The number of aromatic nitrogens is 1. The largest absolute Gasteiger partial charge is 0.493 e. The van der Waals surface area contributed by atoms with E-state index < -0.39 is 5.97 Å². The van der Waals surface area contributed by atoms with Crippen LogP contribution in [0.2, 0.25) is 0 Å². The fourth-order valence-corrected chi connectivity index (χ4v) is 2.10. The van der Waals surface area contributed by atoms with E-state index in [-0.39, 0.29) is 11.4 Å². The Bertz CT molecular complexity index is 572. The van der Waals surface area contributed by atoms with Crippen molar-refractivity contribution >= 4 is 17.7 Å². The van der Waals surface area contributed by atoms with E-state index in [1.54, 1.807) is 18.2 Å². The summed E-state index contributed by atoms with van der Waals surface area (Å²) in [6, 6.07) is 8.99. The Labute approximate surface area is 119 Å². The number of carbonyl (C=O) groups is 1. The highest BCUT2D eigenvalue weighted by Crippen LogP contribution is 2.16. The van der Waals surface area contributed by atoms with E-state index in [2.05, 4.69) is 4.98 Å².